The van der Waals surface area contributed by atoms with Crippen molar-refractivity contribution < 1.29 is 14.3 Å². The van der Waals surface area contributed by atoms with Gasteiger partial charge in [-0.2, -0.15) is 0 Å². The molecule has 0 amide bonds. The smallest absolute Gasteiger partial charge is 0.339 e. The lowest BCUT2D eigenvalue weighted by atomic mass is 10.2. The van der Waals surface area contributed by atoms with E-state index < -0.39 is 5.97 Å². The van der Waals surface area contributed by atoms with Crippen LogP contribution in [0.1, 0.15) is 10.4 Å². The molecular formula is C14H9BrN2O3. The van der Waals surface area contributed by atoms with Crippen molar-refractivity contribution in [3.8, 4) is 11.5 Å². The number of nitrogen functional groups attached to an aromatic ring is 1. The number of carboxylic acids is 1. The standard InChI is InChI=1S/C14H9BrN2O3/c15-10-4-2-1-3-8(10)13-17-11-6-7(16)5-9(14(18)19)12(11)20-13/h1-6H,16H2,(H,18,19). The highest BCUT2D eigenvalue weighted by Gasteiger charge is 2.17. The highest BCUT2D eigenvalue weighted by Crippen LogP contribution is 2.32. The number of hydrogen-bond acceptors (Lipinski definition) is 4. The first kappa shape index (κ1) is 12.7. The lowest BCUT2D eigenvalue weighted by molar-refractivity contribution is 0.0698. The number of aromatic carboxylic acids is 1. The summed E-state index contributed by atoms with van der Waals surface area (Å²) in [5.41, 5.74) is 7.42. The van der Waals surface area contributed by atoms with Gasteiger partial charge in [0.15, 0.2) is 5.58 Å². The number of anilines is 1. The van der Waals surface area contributed by atoms with E-state index in [2.05, 4.69) is 20.9 Å². The third-order valence-electron chi connectivity index (χ3n) is 2.85. The van der Waals surface area contributed by atoms with E-state index in [-0.39, 0.29) is 11.1 Å². The molecule has 0 spiro atoms. The molecule has 0 aliphatic heterocycles. The summed E-state index contributed by atoms with van der Waals surface area (Å²) in [4.78, 5) is 15.5. The molecule has 0 aliphatic rings. The number of oxazole rings is 1. The average Bonchev–Trinajstić information content (AvgIpc) is 2.81. The Bertz CT molecular complexity index is 826. The summed E-state index contributed by atoms with van der Waals surface area (Å²) in [6, 6.07) is 10.4. The van der Waals surface area contributed by atoms with Gasteiger partial charge in [0.05, 0.1) is 5.56 Å². The number of halogens is 1. The van der Waals surface area contributed by atoms with Crippen molar-refractivity contribution in [3.05, 3.63) is 46.4 Å². The minimum absolute atomic E-state index is 0.00537. The molecule has 6 heteroatoms. The third kappa shape index (κ3) is 2.04. The Kier molecular flexibility index (Phi) is 2.94. The van der Waals surface area contributed by atoms with Crippen LogP contribution in [0.25, 0.3) is 22.6 Å². The van der Waals surface area contributed by atoms with Crippen LogP contribution in [-0.4, -0.2) is 16.1 Å². The monoisotopic (exact) mass is 332 g/mol. The zero-order valence-corrected chi connectivity index (χ0v) is 11.7. The van der Waals surface area contributed by atoms with Crippen LogP contribution in [0, 0.1) is 0 Å². The lowest BCUT2D eigenvalue weighted by Gasteiger charge is -1.98. The molecular weight excluding hydrogens is 324 g/mol. The average molecular weight is 333 g/mol. The quantitative estimate of drug-likeness (QED) is 0.700. The molecule has 0 saturated heterocycles. The first-order valence-corrected chi connectivity index (χ1v) is 6.54. The summed E-state index contributed by atoms with van der Waals surface area (Å²) >= 11 is 3.41. The highest BCUT2D eigenvalue weighted by molar-refractivity contribution is 9.10. The number of hydrogen-bond donors (Lipinski definition) is 2. The minimum atomic E-state index is -1.10. The largest absolute Gasteiger partial charge is 0.478 e. The van der Waals surface area contributed by atoms with Crippen molar-refractivity contribution in [1.82, 2.24) is 4.98 Å². The van der Waals surface area contributed by atoms with Crippen LogP contribution >= 0.6 is 15.9 Å². The molecule has 5 nitrogen and oxygen atoms in total. The topological polar surface area (TPSA) is 89.4 Å². The number of benzene rings is 2. The van der Waals surface area contributed by atoms with Crippen molar-refractivity contribution >= 4 is 38.7 Å². The van der Waals surface area contributed by atoms with Gasteiger partial charge >= 0.3 is 5.97 Å². The second-order valence-electron chi connectivity index (χ2n) is 4.22. The van der Waals surface area contributed by atoms with E-state index in [1.807, 2.05) is 24.3 Å². The summed E-state index contributed by atoms with van der Waals surface area (Å²) in [5.74, 6) is -0.752. The summed E-state index contributed by atoms with van der Waals surface area (Å²) in [6.07, 6.45) is 0. The fourth-order valence-corrected chi connectivity index (χ4v) is 2.42. The predicted octanol–water partition coefficient (Wildman–Crippen LogP) is 3.54. The zero-order valence-electron chi connectivity index (χ0n) is 10.1. The van der Waals surface area contributed by atoms with Crippen LogP contribution in [0.3, 0.4) is 0 Å². The van der Waals surface area contributed by atoms with Crippen LogP contribution in [-0.2, 0) is 0 Å². The molecule has 0 bridgehead atoms. The van der Waals surface area contributed by atoms with E-state index >= 15 is 0 Å². The van der Waals surface area contributed by atoms with Gasteiger partial charge in [-0.1, -0.05) is 12.1 Å². The molecule has 3 aromatic rings. The van der Waals surface area contributed by atoms with Crippen molar-refractivity contribution in [1.29, 1.82) is 0 Å². The predicted molar refractivity (Wildman–Crippen MR) is 78.5 cm³/mol. The van der Waals surface area contributed by atoms with Crippen LogP contribution in [0.15, 0.2) is 45.3 Å². The Morgan fingerprint density at radius 3 is 2.75 bits per heavy atom. The van der Waals surface area contributed by atoms with Gasteiger partial charge in [0.25, 0.3) is 0 Å². The molecule has 1 heterocycles. The fraction of sp³-hybridized carbons (Fsp3) is 0. The van der Waals surface area contributed by atoms with Gasteiger partial charge in [0.1, 0.15) is 11.1 Å². The third-order valence-corrected chi connectivity index (χ3v) is 3.54. The van der Waals surface area contributed by atoms with Gasteiger partial charge in [-0.15, -0.1) is 0 Å². The van der Waals surface area contributed by atoms with E-state index in [1.165, 1.54) is 6.07 Å². The molecule has 0 unspecified atom stereocenters. The molecule has 0 fully saturated rings. The number of aromatic nitrogens is 1. The van der Waals surface area contributed by atoms with Crippen LogP contribution < -0.4 is 5.73 Å². The zero-order chi connectivity index (χ0) is 14.3. The van der Waals surface area contributed by atoms with Crippen LogP contribution in [0.4, 0.5) is 5.69 Å². The second-order valence-corrected chi connectivity index (χ2v) is 5.08. The number of nitrogens with two attached hydrogens (primary N) is 1. The molecule has 0 saturated carbocycles. The van der Waals surface area contributed by atoms with Crippen molar-refractivity contribution in [2.24, 2.45) is 0 Å². The van der Waals surface area contributed by atoms with Crippen molar-refractivity contribution in [3.63, 3.8) is 0 Å². The fourth-order valence-electron chi connectivity index (χ4n) is 1.96. The Morgan fingerprint density at radius 2 is 2.05 bits per heavy atom. The molecule has 0 radical (unpaired) electrons. The van der Waals surface area contributed by atoms with E-state index in [0.717, 1.165) is 10.0 Å². The van der Waals surface area contributed by atoms with Gasteiger partial charge in [0, 0.05) is 10.2 Å². The summed E-state index contributed by atoms with van der Waals surface area (Å²) in [6.45, 7) is 0. The van der Waals surface area contributed by atoms with E-state index in [0.29, 0.717) is 17.1 Å². The van der Waals surface area contributed by atoms with Gasteiger partial charge < -0.3 is 15.3 Å². The molecule has 2 aromatic carbocycles. The normalized spacial score (nSPS) is 10.8. The second kappa shape index (κ2) is 4.64. The lowest BCUT2D eigenvalue weighted by Crippen LogP contribution is -1.98. The number of fused-ring (bicyclic) bond motifs is 1. The van der Waals surface area contributed by atoms with Crippen LogP contribution in [0.5, 0.6) is 0 Å². The SMILES string of the molecule is Nc1cc(C(=O)O)c2oc(-c3ccccc3Br)nc2c1. The number of rotatable bonds is 2. The number of carbonyl (C=O) groups is 1. The van der Waals surface area contributed by atoms with E-state index in [4.69, 9.17) is 10.2 Å². The minimum Gasteiger partial charge on any atom is -0.478 e. The Morgan fingerprint density at radius 1 is 1.30 bits per heavy atom. The van der Waals surface area contributed by atoms with Gasteiger partial charge in [0.2, 0.25) is 5.89 Å². The molecule has 3 N–H and O–H groups in total. The molecule has 3 rings (SSSR count). The van der Waals surface area contributed by atoms with Crippen molar-refractivity contribution in [2.45, 2.75) is 0 Å². The van der Waals surface area contributed by atoms with Gasteiger partial charge in [-0.3, -0.25) is 0 Å². The van der Waals surface area contributed by atoms with Crippen molar-refractivity contribution in [2.75, 3.05) is 5.73 Å². The molecule has 1 aromatic heterocycles. The van der Waals surface area contributed by atoms with E-state index in [9.17, 15) is 9.90 Å². The molecule has 0 atom stereocenters. The van der Waals surface area contributed by atoms with E-state index in [1.54, 1.807) is 6.07 Å². The molecule has 0 aliphatic carbocycles. The summed E-state index contributed by atoms with van der Waals surface area (Å²) in [5, 5.41) is 9.19. The van der Waals surface area contributed by atoms with Gasteiger partial charge in [-0.25, -0.2) is 9.78 Å². The maximum absolute atomic E-state index is 11.2. The highest BCUT2D eigenvalue weighted by atomic mass is 79.9. The molecule has 100 valence electrons. The first-order valence-electron chi connectivity index (χ1n) is 5.74. The van der Waals surface area contributed by atoms with Gasteiger partial charge in [-0.05, 0) is 40.2 Å². The number of nitrogens with zero attached hydrogens (tertiary/aromatic N) is 1. The maximum Gasteiger partial charge on any atom is 0.339 e. The summed E-state index contributed by atoms with van der Waals surface area (Å²) in [7, 11) is 0. The Labute approximate surface area is 122 Å². The van der Waals surface area contributed by atoms with Crippen LogP contribution in [0.2, 0.25) is 0 Å². The maximum atomic E-state index is 11.2. The Balaban J connectivity index is 2.28. The first-order chi connectivity index (χ1) is 9.56. The molecule has 20 heavy (non-hydrogen) atoms. The Hall–Kier alpha value is -2.34. The summed E-state index contributed by atoms with van der Waals surface area (Å²) < 4.78 is 6.42. The number of carboxylic acid groups (broad SMARTS) is 1.